The molecule has 2 heterocycles. The molecule has 1 N–H and O–H groups in total. The Bertz CT molecular complexity index is 762. The Kier molecular flexibility index (Phi) is 4.40. The first-order valence-electron chi connectivity index (χ1n) is 9.04. The average molecular weight is 358 g/mol. The van der Waals surface area contributed by atoms with Crippen LogP contribution in [0.1, 0.15) is 48.0 Å². The first-order valence-corrected chi connectivity index (χ1v) is 9.04. The number of ether oxygens (including phenoxy) is 2. The second-order valence-corrected chi connectivity index (χ2v) is 7.08. The van der Waals surface area contributed by atoms with Crippen LogP contribution in [0.25, 0.3) is 0 Å². The van der Waals surface area contributed by atoms with E-state index in [1.165, 1.54) is 0 Å². The molecule has 0 spiro atoms. The van der Waals surface area contributed by atoms with E-state index in [4.69, 9.17) is 9.47 Å². The van der Waals surface area contributed by atoms with Gasteiger partial charge in [-0.2, -0.15) is 0 Å². The third kappa shape index (κ3) is 2.96. The van der Waals surface area contributed by atoms with Crippen LogP contribution in [0, 0.1) is 0 Å². The molecule has 1 aromatic rings. The Labute approximate surface area is 151 Å². The van der Waals surface area contributed by atoms with Crippen LogP contribution in [-0.2, 0) is 20.9 Å². The lowest BCUT2D eigenvalue weighted by Gasteiger charge is -2.29. The Hall–Kier alpha value is -2.41. The van der Waals surface area contributed by atoms with E-state index in [0.29, 0.717) is 18.5 Å². The van der Waals surface area contributed by atoms with Crippen molar-refractivity contribution < 1.29 is 23.9 Å². The normalized spacial score (nSPS) is 28.3. The number of benzene rings is 1. The van der Waals surface area contributed by atoms with Gasteiger partial charge >= 0.3 is 0 Å². The second-order valence-electron chi connectivity index (χ2n) is 7.08. The number of amides is 3. The molecule has 7 heteroatoms. The fourth-order valence-corrected chi connectivity index (χ4v) is 4.10. The number of hydrogen-bond acceptors (Lipinski definition) is 5. The van der Waals surface area contributed by atoms with E-state index in [0.717, 1.165) is 30.6 Å². The molecule has 0 aromatic heterocycles. The maximum Gasteiger partial charge on any atom is 0.255 e. The summed E-state index contributed by atoms with van der Waals surface area (Å²) in [6, 6.07) is 4.85. The lowest BCUT2D eigenvalue weighted by atomic mass is 10.0. The molecule has 3 aliphatic rings. The smallest absolute Gasteiger partial charge is 0.255 e. The molecule has 1 saturated carbocycles. The van der Waals surface area contributed by atoms with Crippen LogP contribution >= 0.6 is 0 Å². The first kappa shape index (κ1) is 17.0. The molecule has 1 aliphatic carbocycles. The number of carbonyl (C=O) groups is 3. The molecule has 2 fully saturated rings. The van der Waals surface area contributed by atoms with Gasteiger partial charge in [-0.3, -0.25) is 19.7 Å². The zero-order valence-corrected chi connectivity index (χ0v) is 14.7. The van der Waals surface area contributed by atoms with E-state index in [-0.39, 0.29) is 30.4 Å². The predicted molar refractivity (Wildman–Crippen MR) is 91.6 cm³/mol. The molecule has 4 rings (SSSR count). The minimum absolute atomic E-state index is 0.0291. The highest BCUT2D eigenvalue weighted by molar-refractivity contribution is 6.05. The number of fused-ring (bicyclic) bond motifs is 1. The predicted octanol–water partition coefficient (Wildman–Crippen LogP) is 1.39. The highest BCUT2D eigenvalue weighted by atomic mass is 16.5. The summed E-state index contributed by atoms with van der Waals surface area (Å²) in [7, 11) is 1.70. The summed E-state index contributed by atoms with van der Waals surface area (Å²) >= 11 is 0. The molecule has 2 unspecified atom stereocenters. The van der Waals surface area contributed by atoms with Gasteiger partial charge in [0, 0.05) is 25.6 Å². The SMILES string of the molecule is CO[C@H]1CCCC1Oc1ccc2c(c1)CN(C1CCC(=O)NC1=O)C2=O. The van der Waals surface area contributed by atoms with Crippen LogP contribution in [0.5, 0.6) is 5.75 Å². The van der Waals surface area contributed by atoms with Crippen LogP contribution < -0.4 is 10.1 Å². The van der Waals surface area contributed by atoms with Gasteiger partial charge in [-0.15, -0.1) is 0 Å². The molecule has 2 aliphatic heterocycles. The molecular weight excluding hydrogens is 336 g/mol. The summed E-state index contributed by atoms with van der Waals surface area (Å²) < 4.78 is 11.5. The minimum Gasteiger partial charge on any atom is -0.488 e. The van der Waals surface area contributed by atoms with E-state index in [2.05, 4.69) is 5.32 Å². The molecule has 3 atom stereocenters. The van der Waals surface area contributed by atoms with Crippen LogP contribution in [0.15, 0.2) is 18.2 Å². The zero-order valence-electron chi connectivity index (χ0n) is 14.7. The van der Waals surface area contributed by atoms with Crippen LogP contribution in [0.3, 0.4) is 0 Å². The van der Waals surface area contributed by atoms with Crippen molar-refractivity contribution >= 4 is 17.7 Å². The number of imide groups is 1. The van der Waals surface area contributed by atoms with Crippen molar-refractivity contribution in [2.75, 3.05) is 7.11 Å². The van der Waals surface area contributed by atoms with Crippen molar-refractivity contribution in [3.8, 4) is 5.75 Å². The Balaban J connectivity index is 1.50. The monoisotopic (exact) mass is 358 g/mol. The van der Waals surface area contributed by atoms with Gasteiger partial charge in [-0.25, -0.2) is 0 Å². The largest absolute Gasteiger partial charge is 0.488 e. The first-order chi connectivity index (χ1) is 12.6. The molecule has 138 valence electrons. The number of methoxy groups -OCH3 is 1. The van der Waals surface area contributed by atoms with Gasteiger partial charge in [-0.1, -0.05) is 0 Å². The fraction of sp³-hybridized carbons (Fsp3) is 0.526. The maximum absolute atomic E-state index is 12.7. The highest BCUT2D eigenvalue weighted by Gasteiger charge is 2.39. The van der Waals surface area contributed by atoms with Gasteiger partial charge in [0.05, 0.1) is 6.10 Å². The minimum atomic E-state index is -0.593. The van der Waals surface area contributed by atoms with Gasteiger partial charge in [0.15, 0.2) is 0 Å². The summed E-state index contributed by atoms with van der Waals surface area (Å²) in [4.78, 5) is 37.6. The molecule has 26 heavy (non-hydrogen) atoms. The van der Waals surface area contributed by atoms with Crippen molar-refractivity contribution in [3.63, 3.8) is 0 Å². The zero-order chi connectivity index (χ0) is 18.3. The van der Waals surface area contributed by atoms with Crippen LogP contribution in [0.4, 0.5) is 0 Å². The number of nitrogens with zero attached hydrogens (tertiary/aromatic N) is 1. The van der Waals surface area contributed by atoms with E-state index in [1.807, 2.05) is 6.07 Å². The summed E-state index contributed by atoms with van der Waals surface area (Å²) in [5.41, 5.74) is 1.45. The lowest BCUT2D eigenvalue weighted by Crippen LogP contribution is -2.52. The van der Waals surface area contributed by atoms with Gasteiger partial charge in [0.2, 0.25) is 11.8 Å². The maximum atomic E-state index is 12.7. The molecule has 7 nitrogen and oxygen atoms in total. The highest BCUT2D eigenvalue weighted by Crippen LogP contribution is 2.32. The summed E-state index contributed by atoms with van der Waals surface area (Å²) in [5, 5.41) is 2.31. The average Bonchev–Trinajstić information content (AvgIpc) is 3.19. The van der Waals surface area contributed by atoms with Gasteiger partial charge in [0.1, 0.15) is 17.9 Å². The van der Waals surface area contributed by atoms with Crippen molar-refractivity contribution in [2.24, 2.45) is 0 Å². The molecular formula is C19H22N2O5. The van der Waals surface area contributed by atoms with Gasteiger partial charge < -0.3 is 14.4 Å². The number of carbonyl (C=O) groups excluding carboxylic acids is 3. The lowest BCUT2D eigenvalue weighted by molar-refractivity contribution is -0.136. The number of hydrogen-bond donors (Lipinski definition) is 1. The van der Waals surface area contributed by atoms with E-state index in [1.54, 1.807) is 24.1 Å². The number of nitrogens with one attached hydrogen (secondary N) is 1. The molecule has 1 saturated heterocycles. The molecule has 1 aromatic carbocycles. The quantitative estimate of drug-likeness (QED) is 0.823. The van der Waals surface area contributed by atoms with Crippen molar-refractivity contribution in [2.45, 2.75) is 56.9 Å². The van der Waals surface area contributed by atoms with E-state index in [9.17, 15) is 14.4 Å². The number of piperidine rings is 1. The summed E-state index contributed by atoms with van der Waals surface area (Å²) in [5.74, 6) is -0.129. The Morgan fingerprint density at radius 2 is 1.92 bits per heavy atom. The summed E-state index contributed by atoms with van der Waals surface area (Å²) in [6.07, 6.45) is 3.78. The Morgan fingerprint density at radius 1 is 1.12 bits per heavy atom. The molecule has 0 radical (unpaired) electrons. The van der Waals surface area contributed by atoms with Crippen molar-refractivity contribution in [1.29, 1.82) is 0 Å². The van der Waals surface area contributed by atoms with Crippen LogP contribution in [-0.4, -0.2) is 48.0 Å². The van der Waals surface area contributed by atoms with Crippen molar-refractivity contribution in [3.05, 3.63) is 29.3 Å². The van der Waals surface area contributed by atoms with Gasteiger partial charge in [0.25, 0.3) is 5.91 Å². The van der Waals surface area contributed by atoms with E-state index >= 15 is 0 Å². The van der Waals surface area contributed by atoms with Gasteiger partial charge in [-0.05, 0) is 49.4 Å². The fourth-order valence-electron chi connectivity index (χ4n) is 4.10. The summed E-state index contributed by atoms with van der Waals surface area (Å²) in [6.45, 7) is 0.357. The van der Waals surface area contributed by atoms with Crippen molar-refractivity contribution in [1.82, 2.24) is 10.2 Å². The number of rotatable bonds is 4. The topological polar surface area (TPSA) is 84.9 Å². The molecule has 0 bridgehead atoms. The van der Waals surface area contributed by atoms with Crippen LogP contribution in [0.2, 0.25) is 0 Å². The Morgan fingerprint density at radius 3 is 2.69 bits per heavy atom. The third-order valence-corrected chi connectivity index (χ3v) is 5.48. The third-order valence-electron chi connectivity index (χ3n) is 5.48. The standard InChI is InChI=1S/C19H22N2O5/c1-25-15-3-2-4-16(15)26-12-5-6-13-11(9-12)10-21(19(13)24)14-7-8-17(22)20-18(14)23/h5-6,9,14-16H,2-4,7-8,10H2,1H3,(H,20,22,23)/t14?,15-,16?/m0/s1. The molecule has 3 amide bonds. The van der Waals surface area contributed by atoms with E-state index < -0.39 is 11.9 Å². The second kappa shape index (κ2) is 6.72.